The fourth-order valence-electron chi connectivity index (χ4n) is 2.37. The Hall–Kier alpha value is -3.35. The van der Waals surface area contributed by atoms with E-state index in [1.807, 2.05) is 0 Å². The zero-order valence-electron chi connectivity index (χ0n) is 14.6. The Labute approximate surface area is 151 Å². The summed E-state index contributed by atoms with van der Waals surface area (Å²) in [6.07, 6.45) is -0.404. The number of hydrogen-bond donors (Lipinski definition) is 2. The van der Waals surface area contributed by atoms with Gasteiger partial charge in [-0.15, -0.1) is 0 Å². The molecule has 136 valence electrons. The molecule has 0 aliphatic rings. The number of hydrogen-bond acceptors (Lipinski definition) is 4. The van der Waals surface area contributed by atoms with E-state index in [-0.39, 0.29) is 24.7 Å². The van der Waals surface area contributed by atoms with Crippen LogP contribution in [-0.2, 0) is 9.59 Å². The molecular weight excluding hydrogens is 336 g/mol. The van der Waals surface area contributed by atoms with Gasteiger partial charge in [0.2, 0.25) is 5.91 Å². The van der Waals surface area contributed by atoms with Gasteiger partial charge in [-0.3, -0.25) is 14.4 Å². The standard InChI is InChI=1S/C19H20N2O5/c1-21(17(22)10-11-18(23)24)16-9-4-3-8-15(16)19(25)20-13-6-5-7-14(12-13)26-2/h3-9,12H,10-11H2,1-2H3,(H,20,25)(H,23,24). The summed E-state index contributed by atoms with van der Waals surface area (Å²) in [5, 5.41) is 11.5. The van der Waals surface area contributed by atoms with Crippen LogP contribution in [0.5, 0.6) is 5.75 Å². The fraction of sp³-hybridized carbons (Fsp3) is 0.211. The smallest absolute Gasteiger partial charge is 0.303 e. The Morgan fingerprint density at radius 3 is 2.50 bits per heavy atom. The number of amides is 2. The van der Waals surface area contributed by atoms with Gasteiger partial charge >= 0.3 is 5.97 Å². The number of carboxylic acids is 1. The number of para-hydroxylation sites is 1. The highest BCUT2D eigenvalue weighted by Gasteiger charge is 2.19. The van der Waals surface area contributed by atoms with Gasteiger partial charge in [-0.05, 0) is 24.3 Å². The number of benzene rings is 2. The van der Waals surface area contributed by atoms with Crippen LogP contribution < -0.4 is 15.0 Å². The van der Waals surface area contributed by atoms with Gasteiger partial charge in [-0.2, -0.15) is 0 Å². The van der Waals surface area contributed by atoms with E-state index in [4.69, 9.17) is 9.84 Å². The first kappa shape index (κ1) is 19.0. The summed E-state index contributed by atoms with van der Waals surface area (Å²) in [6.45, 7) is 0. The Kier molecular flexibility index (Phi) is 6.32. The lowest BCUT2D eigenvalue weighted by Crippen LogP contribution is -2.29. The Bertz CT molecular complexity index is 819. The lowest BCUT2D eigenvalue weighted by atomic mass is 10.1. The van der Waals surface area contributed by atoms with Gasteiger partial charge < -0.3 is 20.1 Å². The Morgan fingerprint density at radius 2 is 1.81 bits per heavy atom. The average molecular weight is 356 g/mol. The second-order valence-electron chi connectivity index (χ2n) is 5.55. The van der Waals surface area contributed by atoms with Crippen molar-refractivity contribution in [2.75, 3.05) is 24.4 Å². The Balaban J connectivity index is 2.20. The van der Waals surface area contributed by atoms with Gasteiger partial charge in [0.1, 0.15) is 5.75 Å². The molecule has 0 aliphatic carbocycles. The maximum atomic E-state index is 12.6. The number of carbonyl (C=O) groups is 3. The summed E-state index contributed by atoms with van der Waals surface area (Å²) in [4.78, 5) is 36.8. The molecule has 0 radical (unpaired) electrons. The molecule has 2 amide bonds. The molecule has 0 aromatic heterocycles. The monoisotopic (exact) mass is 356 g/mol. The molecule has 0 atom stereocenters. The molecule has 0 bridgehead atoms. The number of carbonyl (C=O) groups excluding carboxylic acids is 2. The van der Waals surface area contributed by atoms with Crippen LogP contribution >= 0.6 is 0 Å². The lowest BCUT2D eigenvalue weighted by Gasteiger charge is -2.20. The Morgan fingerprint density at radius 1 is 1.08 bits per heavy atom. The van der Waals surface area contributed by atoms with Crippen LogP contribution in [0.2, 0.25) is 0 Å². The van der Waals surface area contributed by atoms with E-state index in [1.165, 1.54) is 19.1 Å². The first-order valence-corrected chi connectivity index (χ1v) is 7.95. The summed E-state index contributed by atoms with van der Waals surface area (Å²) in [5.74, 6) is -1.20. The average Bonchev–Trinajstić information content (AvgIpc) is 2.65. The van der Waals surface area contributed by atoms with Crippen LogP contribution in [-0.4, -0.2) is 37.0 Å². The highest BCUT2D eigenvalue weighted by molar-refractivity contribution is 6.10. The van der Waals surface area contributed by atoms with E-state index in [1.54, 1.807) is 48.5 Å². The van der Waals surface area contributed by atoms with Crippen LogP contribution in [0.25, 0.3) is 0 Å². The minimum atomic E-state index is -1.05. The second kappa shape index (κ2) is 8.66. The molecule has 0 heterocycles. The molecule has 0 saturated heterocycles. The molecule has 7 heteroatoms. The van der Waals surface area contributed by atoms with Crippen LogP contribution in [0.15, 0.2) is 48.5 Å². The van der Waals surface area contributed by atoms with Gasteiger partial charge in [-0.1, -0.05) is 18.2 Å². The molecule has 0 unspecified atom stereocenters. The molecule has 0 saturated carbocycles. The van der Waals surface area contributed by atoms with Gasteiger partial charge in [0.15, 0.2) is 0 Å². The number of rotatable bonds is 7. The van der Waals surface area contributed by atoms with E-state index < -0.39 is 5.97 Å². The van der Waals surface area contributed by atoms with E-state index in [2.05, 4.69) is 5.32 Å². The second-order valence-corrected chi connectivity index (χ2v) is 5.55. The number of anilines is 2. The third-order valence-electron chi connectivity index (χ3n) is 3.76. The highest BCUT2D eigenvalue weighted by Crippen LogP contribution is 2.23. The molecule has 2 N–H and O–H groups in total. The molecule has 2 rings (SSSR count). The van der Waals surface area contributed by atoms with Crippen molar-refractivity contribution in [1.29, 1.82) is 0 Å². The molecule has 0 spiro atoms. The summed E-state index contributed by atoms with van der Waals surface area (Å²) < 4.78 is 5.13. The maximum Gasteiger partial charge on any atom is 0.303 e. The van der Waals surface area contributed by atoms with E-state index in [0.717, 1.165) is 0 Å². The molecule has 7 nitrogen and oxygen atoms in total. The van der Waals surface area contributed by atoms with Crippen molar-refractivity contribution in [3.63, 3.8) is 0 Å². The van der Waals surface area contributed by atoms with Crippen LogP contribution in [0.4, 0.5) is 11.4 Å². The summed E-state index contributed by atoms with van der Waals surface area (Å²) in [5.41, 5.74) is 1.27. The third kappa shape index (κ3) is 4.83. The minimum Gasteiger partial charge on any atom is -0.497 e. The van der Waals surface area contributed by atoms with Crippen LogP contribution in [0, 0.1) is 0 Å². The number of aliphatic carboxylic acids is 1. The van der Waals surface area contributed by atoms with E-state index >= 15 is 0 Å². The van der Waals surface area contributed by atoms with Gasteiger partial charge in [0.05, 0.1) is 24.8 Å². The van der Waals surface area contributed by atoms with E-state index in [9.17, 15) is 14.4 Å². The normalized spacial score (nSPS) is 10.1. The molecule has 2 aromatic rings. The fourth-order valence-corrected chi connectivity index (χ4v) is 2.37. The molecule has 0 aliphatic heterocycles. The molecule has 2 aromatic carbocycles. The zero-order chi connectivity index (χ0) is 19.1. The summed E-state index contributed by atoms with van der Waals surface area (Å²) >= 11 is 0. The zero-order valence-corrected chi connectivity index (χ0v) is 14.6. The van der Waals surface area contributed by atoms with Crippen molar-refractivity contribution in [3.8, 4) is 5.75 Å². The number of nitrogens with zero attached hydrogens (tertiary/aromatic N) is 1. The molecule has 0 fully saturated rings. The number of carboxylic acid groups (broad SMARTS) is 1. The van der Waals surface area contributed by atoms with E-state index in [0.29, 0.717) is 22.7 Å². The van der Waals surface area contributed by atoms with Crippen LogP contribution in [0.3, 0.4) is 0 Å². The predicted octanol–water partition coefficient (Wildman–Crippen LogP) is 2.78. The third-order valence-corrected chi connectivity index (χ3v) is 3.76. The van der Waals surface area contributed by atoms with Crippen molar-refractivity contribution in [2.24, 2.45) is 0 Å². The summed E-state index contributed by atoms with van der Waals surface area (Å²) in [6, 6.07) is 13.6. The SMILES string of the molecule is COc1cccc(NC(=O)c2ccccc2N(C)C(=O)CCC(=O)O)c1. The quantitative estimate of drug-likeness (QED) is 0.795. The van der Waals surface area contributed by atoms with Gasteiger partial charge in [-0.25, -0.2) is 0 Å². The maximum absolute atomic E-state index is 12.6. The summed E-state index contributed by atoms with van der Waals surface area (Å²) in [7, 11) is 3.05. The first-order chi connectivity index (χ1) is 12.4. The van der Waals surface area contributed by atoms with Gasteiger partial charge in [0, 0.05) is 25.2 Å². The number of methoxy groups -OCH3 is 1. The first-order valence-electron chi connectivity index (χ1n) is 7.95. The largest absolute Gasteiger partial charge is 0.497 e. The van der Waals surface area contributed by atoms with Crippen molar-refractivity contribution < 1.29 is 24.2 Å². The van der Waals surface area contributed by atoms with Crippen LogP contribution in [0.1, 0.15) is 23.2 Å². The topological polar surface area (TPSA) is 95.9 Å². The lowest BCUT2D eigenvalue weighted by molar-refractivity contribution is -0.138. The number of ether oxygens (including phenoxy) is 1. The van der Waals surface area contributed by atoms with Gasteiger partial charge in [0.25, 0.3) is 5.91 Å². The van der Waals surface area contributed by atoms with Crippen molar-refractivity contribution in [3.05, 3.63) is 54.1 Å². The molecule has 26 heavy (non-hydrogen) atoms. The number of nitrogens with one attached hydrogen (secondary N) is 1. The highest BCUT2D eigenvalue weighted by atomic mass is 16.5. The predicted molar refractivity (Wildman–Crippen MR) is 97.7 cm³/mol. The van der Waals surface area contributed by atoms with Crippen molar-refractivity contribution in [2.45, 2.75) is 12.8 Å². The molecular formula is C19H20N2O5. The minimum absolute atomic E-state index is 0.141. The van der Waals surface area contributed by atoms with Crippen molar-refractivity contribution >= 4 is 29.2 Å². The van der Waals surface area contributed by atoms with Crippen molar-refractivity contribution in [1.82, 2.24) is 0 Å².